The average Bonchev–Trinajstić information content (AvgIpc) is 3.29. The molecule has 118 valence electrons. The Balaban J connectivity index is 1.53. The van der Waals surface area contributed by atoms with Crippen molar-refractivity contribution >= 4 is 11.8 Å². The van der Waals surface area contributed by atoms with E-state index in [4.69, 9.17) is 14.9 Å². The van der Waals surface area contributed by atoms with E-state index in [1.54, 1.807) is 42.9 Å². The van der Waals surface area contributed by atoms with Gasteiger partial charge >= 0.3 is 0 Å². The van der Waals surface area contributed by atoms with Crippen LogP contribution in [0.25, 0.3) is 17.3 Å². The molecule has 0 bridgehead atoms. The Morgan fingerprint density at radius 1 is 1.12 bits per heavy atom. The third-order valence-electron chi connectivity index (χ3n) is 3.68. The lowest BCUT2D eigenvalue weighted by Crippen LogP contribution is -1.93. The fraction of sp³-hybridized carbons (Fsp3) is 0.0556. The maximum absolute atomic E-state index is 8.05. The molecule has 4 rings (SSSR count). The van der Waals surface area contributed by atoms with Crippen LogP contribution in [-0.4, -0.2) is 27.5 Å². The van der Waals surface area contributed by atoms with Gasteiger partial charge in [0.05, 0.1) is 17.6 Å². The van der Waals surface area contributed by atoms with Crippen molar-refractivity contribution in [3.8, 4) is 22.8 Å². The first-order valence-corrected chi connectivity index (χ1v) is 7.42. The van der Waals surface area contributed by atoms with Crippen molar-refractivity contribution in [1.82, 2.24) is 15.0 Å². The highest BCUT2D eigenvalue weighted by molar-refractivity contribution is 6.08. The second kappa shape index (κ2) is 6.00. The summed E-state index contributed by atoms with van der Waals surface area (Å²) in [7, 11) is 0. The number of pyridine rings is 1. The van der Waals surface area contributed by atoms with Crippen LogP contribution in [0.3, 0.4) is 0 Å². The molecule has 6 nitrogen and oxygen atoms in total. The number of nitrogens with one attached hydrogen (secondary N) is 2. The smallest absolute Gasteiger partial charge is 0.231 e. The van der Waals surface area contributed by atoms with Crippen molar-refractivity contribution in [3.63, 3.8) is 0 Å². The topological polar surface area (TPSA) is 83.9 Å². The van der Waals surface area contributed by atoms with E-state index in [-0.39, 0.29) is 6.79 Å². The first-order chi connectivity index (χ1) is 11.8. The molecule has 0 atom stereocenters. The highest BCUT2D eigenvalue weighted by atomic mass is 16.7. The van der Waals surface area contributed by atoms with Crippen molar-refractivity contribution in [2.75, 3.05) is 6.79 Å². The fourth-order valence-corrected chi connectivity index (χ4v) is 2.42. The SMILES string of the molecule is N=C(/C=C\c1ncc(-c2ccc3c(c2)OCO3)[nH]1)c1ccncc1. The predicted molar refractivity (Wildman–Crippen MR) is 90.2 cm³/mol. The van der Waals surface area contributed by atoms with E-state index in [0.29, 0.717) is 11.5 Å². The average molecular weight is 318 g/mol. The summed E-state index contributed by atoms with van der Waals surface area (Å²) in [6, 6.07) is 9.35. The number of allylic oxidation sites excluding steroid dienone is 1. The van der Waals surface area contributed by atoms with E-state index < -0.39 is 0 Å². The van der Waals surface area contributed by atoms with Gasteiger partial charge in [-0.25, -0.2) is 4.98 Å². The van der Waals surface area contributed by atoms with E-state index in [0.717, 1.165) is 28.3 Å². The summed E-state index contributed by atoms with van der Waals surface area (Å²) in [5, 5.41) is 8.05. The molecule has 0 unspecified atom stereocenters. The summed E-state index contributed by atoms with van der Waals surface area (Å²) in [5.41, 5.74) is 3.06. The molecule has 0 saturated carbocycles. The summed E-state index contributed by atoms with van der Waals surface area (Å²) in [4.78, 5) is 11.5. The third-order valence-corrected chi connectivity index (χ3v) is 3.68. The lowest BCUT2D eigenvalue weighted by atomic mass is 10.1. The van der Waals surface area contributed by atoms with Crippen LogP contribution in [-0.2, 0) is 0 Å². The summed E-state index contributed by atoms with van der Waals surface area (Å²) < 4.78 is 10.7. The van der Waals surface area contributed by atoms with E-state index in [2.05, 4.69) is 15.0 Å². The molecule has 0 saturated heterocycles. The van der Waals surface area contributed by atoms with Crippen LogP contribution in [0.5, 0.6) is 11.5 Å². The maximum atomic E-state index is 8.05. The van der Waals surface area contributed by atoms with Crippen LogP contribution in [0.15, 0.2) is 55.0 Å². The van der Waals surface area contributed by atoms with Gasteiger partial charge in [0.15, 0.2) is 11.5 Å². The maximum Gasteiger partial charge on any atom is 0.231 e. The molecule has 3 aromatic rings. The van der Waals surface area contributed by atoms with Gasteiger partial charge in [-0.1, -0.05) is 0 Å². The fourth-order valence-electron chi connectivity index (χ4n) is 2.42. The van der Waals surface area contributed by atoms with Gasteiger partial charge in [0.2, 0.25) is 6.79 Å². The molecule has 3 heterocycles. The molecule has 0 amide bonds. The molecule has 0 radical (unpaired) electrons. The molecule has 2 N–H and O–H groups in total. The van der Waals surface area contributed by atoms with Gasteiger partial charge in [0, 0.05) is 23.5 Å². The number of nitrogens with zero attached hydrogens (tertiary/aromatic N) is 2. The van der Waals surface area contributed by atoms with Crippen molar-refractivity contribution in [3.05, 3.63) is 66.4 Å². The summed E-state index contributed by atoms with van der Waals surface area (Å²) in [6.07, 6.45) is 8.58. The van der Waals surface area contributed by atoms with Crippen LogP contribution in [0.4, 0.5) is 0 Å². The van der Waals surface area contributed by atoms with E-state index in [9.17, 15) is 0 Å². The number of imidazole rings is 1. The van der Waals surface area contributed by atoms with Crippen LogP contribution in [0.1, 0.15) is 11.4 Å². The zero-order valence-electron chi connectivity index (χ0n) is 12.7. The molecule has 1 aromatic carbocycles. The van der Waals surface area contributed by atoms with Crippen LogP contribution >= 0.6 is 0 Å². The van der Waals surface area contributed by atoms with Crippen molar-refractivity contribution < 1.29 is 9.47 Å². The predicted octanol–water partition coefficient (Wildman–Crippen LogP) is 3.28. The van der Waals surface area contributed by atoms with E-state index in [1.165, 1.54) is 0 Å². The highest BCUT2D eigenvalue weighted by Gasteiger charge is 2.14. The van der Waals surface area contributed by atoms with Crippen LogP contribution in [0.2, 0.25) is 0 Å². The largest absolute Gasteiger partial charge is 0.454 e. The summed E-state index contributed by atoms with van der Waals surface area (Å²) in [6.45, 7) is 0.257. The number of benzene rings is 1. The molecular formula is C18H14N4O2. The summed E-state index contributed by atoms with van der Waals surface area (Å²) in [5.74, 6) is 2.17. The molecular weight excluding hydrogens is 304 g/mol. The van der Waals surface area contributed by atoms with Gasteiger partial charge in [-0.3, -0.25) is 4.98 Å². The number of H-pyrrole nitrogens is 1. The van der Waals surface area contributed by atoms with Crippen LogP contribution in [0, 0.1) is 5.41 Å². The molecule has 1 aliphatic rings. The van der Waals surface area contributed by atoms with E-state index in [1.807, 2.05) is 18.2 Å². The van der Waals surface area contributed by atoms with Gasteiger partial charge < -0.3 is 19.9 Å². The zero-order valence-corrected chi connectivity index (χ0v) is 12.7. The number of fused-ring (bicyclic) bond motifs is 1. The zero-order chi connectivity index (χ0) is 16.4. The van der Waals surface area contributed by atoms with Crippen LogP contribution < -0.4 is 9.47 Å². The lowest BCUT2D eigenvalue weighted by Gasteiger charge is -2.00. The van der Waals surface area contributed by atoms with E-state index >= 15 is 0 Å². The van der Waals surface area contributed by atoms with Crippen molar-refractivity contribution in [2.45, 2.75) is 0 Å². The first kappa shape index (κ1) is 14.2. The highest BCUT2D eigenvalue weighted by Crippen LogP contribution is 2.35. The molecule has 6 heteroatoms. The molecule has 0 fully saturated rings. The van der Waals surface area contributed by atoms with Crippen molar-refractivity contribution in [1.29, 1.82) is 5.41 Å². The standard InChI is InChI=1S/C18H14N4O2/c19-14(12-5-7-20-8-6-12)2-4-18-21-10-15(22-18)13-1-3-16-17(9-13)24-11-23-16/h1-10,19H,11H2,(H,21,22)/b4-2-,19-14?. The Morgan fingerprint density at radius 3 is 2.83 bits per heavy atom. The second-order valence-electron chi connectivity index (χ2n) is 5.23. The van der Waals surface area contributed by atoms with Gasteiger partial charge in [-0.2, -0.15) is 0 Å². The quantitative estimate of drug-likeness (QED) is 0.723. The van der Waals surface area contributed by atoms with Gasteiger partial charge in [-0.15, -0.1) is 0 Å². The second-order valence-corrected chi connectivity index (χ2v) is 5.23. The Bertz CT molecular complexity index is 916. The number of rotatable bonds is 4. The molecule has 0 aliphatic carbocycles. The molecule has 0 spiro atoms. The van der Waals surface area contributed by atoms with Gasteiger partial charge in [0.1, 0.15) is 5.82 Å². The minimum Gasteiger partial charge on any atom is -0.454 e. The first-order valence-electron chi connectivity index (χ1n) is 7.42. The normalized spacial score (nSPS) is 12.7. The minimum absolute atomic E-state index is 0.257. The Morgan fingerprint density at radius 2 is 1.96 bits per heavy atom. The summed E-state index contributed by atoms with van der Waals surface area (Å²) >= 11 is 0. The van der Waals surface area contributed by atoms with Gasteiger partial charge in [0.25, 0.3) is 0 Å². The number of hydrogen-bond donors (Lipinski definition) is 2. The number of ether oxygens (including phenoxy) is 2. The Labute approximate surface area is 138 Å². The number of aromatic nitrogens is 3. The Kier molecular flexibility index (Phi) is 3.55. The van der Waals surface area contributed by atoms with Crippen molar-refractivity contribution in [2.24, 2.45) is 0 Å². The minimum atomic E-state index is 0.257. The van der Waals surface area contributed by atoms with Gasteiger partial charge in [-0.05, 0) is 42.5 Å². The number of aromatic amines is 1. The third kappa shape index (κ3) is 2.77. The lowest BCUT2D eigenvalue weighted by molar-refractivity contribution is 0.174. The number of hydrogen-bond acceptors (Lipinski definition) is 5. The molecule has 24 heavy (non-hydrogen) atoms. The monoisotopic (exact) mass is 318 g/mol. The molecule has 2 aromatic heterocycles. The Hall–Kier alpha value is -3.41. The molecule has 1 aliphatic heterocycles.